The van der Waals surface area contributed by atoms with Crippen LogP contribution in [0.5, 0.6) is 0 Å². The first kappa shape index (κ1) is 16.2. The van der Waals surface area contributed by atoms with E-state index in [1.165, 1.54) is 24.8 Å². The van der Waals surface area contributed by atoms with E-state index in [0.717, 1.165) is 18.4 Å². The first-order valence-electron chi connectivity index (χ1n) is 7.83. The van der Waals surface area contributed by atoms with Crippen molar-refractivity contribution in [1.29, 1.82) is 0 Å². The summed E-state index contributed by atoms with van der Waals surface area (Å²) in [4.78, 5) is 11.9. The van der Waals surface area contributed by atoms with Gasteiger partial charge in [0.25, 0.3) is 0 Å². The fourth-order valence-corrected chi connectivity index (χ4v) is 3.92. The van der Waals surface area contributed by atoms with Gasteiger partial charge in [0.2, 0.25) is 5.91 Å². The minimum atomic E-state index is -0.967. The van der Waals surface area contributed by atoms with Crippen molar-refractivity contribution in [3.63, 3.8) is 0 Å². The molecule has 0 bridgehead atoms. The van der Waals surface area contributed by atoms with Gasteiger partial charge in [0.15, 0.2) is 0 Å². The fraction of sp³-hybridized carbons (Fsp3) is 0.588. The molecule has 0 spiro atoms. The number of rotatable bonds is 6. The van der Waals surface area contributed by atoms with E-state index in [2.05, 4.69) is 11.4 Å². The molecular weight excluding hydrogens is 282 g/mol. The maximum Gasteiger partial charge on any atom is 0.221 e. The summed E-state index contributed by atoms with van der Waals surface area (Å²) in [5.41, 5.74) is 2.26. The molecule has 1 aliphatic rings. The van der Waals surface area contributed by atoms with Crippen LogP contribution in [0.4, 0.5) is 0 Å². The Bertz CT molecular complexity index is 495. The number of nitrogens with one attached hydrogen (secondary N) is 1. The monoisotopic (exact) mass is 307 g/mol. The molecule has 0 saturated heterocycles. The van der Waals surface area contributed by atoms with E-state index in [1.54, 1.807) is 0 Å². The van der Waals surface area contributed by atoms with Crippen molar-refractivity contribution in [3.8, 4) is 0 Å². The van der Waals surface area contributed by atoms with E-state index in [9.17, 15) is 9.00 Å². The van der Waals surface area contributed by atoms with Gasteiger partial charge in [0.05, 0.1) is 0 Å². The Morgan fingerprint density at radius 2 is 2.05 bits per heavy atom. The molecule has 1 aliphatic carbocycles. The Labute approximate surface area is 130 Å². The third-order valence-corrected chi connectivity index (χ3v) is 5.25. The minimum Gasteiger partial charge on any atom is -0.353 e. The van der Waals surface area contributed by atoms with Crippen molar-refractivity contribution in [2.24, 2.45) is 0 Å². The lowest BCUT2D eigenvalue weighted by molar-refractivity contribution is -0.121. The lowest BCUT2D eigenvalue weighted by atomic mass is 9.95. The summed E-state index contributed by atoms with van der Waals surface area (Å²) in [6.07, 6.45) is 6.27. The first-order chi connectivity index (χ1) is 10.1. The van der Waals surface area contributed by atoms with E-state index in [-0.39, 0.29) is 5.91 Å². The largest absolute Gasteiger partial charge is 0.353 e. The normalized spacial score (nSPS) is 17.4. The summed E-state index contributed by atoms with van der Waals surface area (Å²) >= 11 is 0. The van der Waals surface area contributed by atoms with Crippen LogP contribution in [0.2, 0.25) is 0 Å². The van der Waals surface area contributed by atoms with Gasteiger partial charge >= 0.3 is 0 Å². The van der Waals surface area contributed by atoms with E-state index in [1.807, 2.05) is 25.1 Å². The highest BCUT2D eigenvalue weighted by Gasteiger charge is 2.16. The van der Waals surface area contributed by atoms with Crippen molar-refractivity contribution < 1.29 is 9.00 Å². The summed E-state index contributed by atoms with van der Waals surface area (Å²) in [5.74, 6) is 1.05. The molecule has 1 aromatic rings. The zero-order valence-corrected chi connectivity index (χ0v) is 13.6. The van der Waals surface area contributed by atoms with Gasteiger partial charge in [-0.15, -0.1) is 0 Å². The van der Waals surface area contributed by atoms with Crippen molar-refractivity contribution in [2.45, 2.75) is 57.2 Å². The van der Waals surface area contributed by atoms with Crippen LogP contribution in [0.3, 0.4) is 0 Å². The smallest absolute Gasteiger partial charge is 0.221 e. The maximum absolute atomic E-state index is 12.1. The SMILES string of the molecule is Cc1cccc(C[S@](=O)CCC(=O)NC2CCCCC2)c1. The van der Waals surface area contributed by atoms with Gasteiger partial charge in [0, 0.05) is 34.8 Å². The highest BCUT2D eigenvalue weighted by atomic mass is 32.2. The van der Waals surface area contributed by atoms with Crippen LogP contribution in [0, 0.1) is 6.92 Å². The predicted octanol–water partition coefficient (Wildman–Crippen LogP) is 3.08. The third kappa shape index (κ3) is 6.00. The van der Waals surface area contributed by atoms with Gasteiger partial charge in [-0.1, -0.05) is 49.1 Å². The highest BCUT2D eigenvalue weighted by Crippen LogP contribution is 2.17. The number of carbonyl (C=O) groups is 1. The molecule has 4 heteroatoms. The number of carbonyl (C=O) groups excluding carboxylic acids is 1. The molecule has 1 atom stereocenters. The molecule has 0 unspecified atom stereocenters. The molecular formula is C17H25NO2S. The second-order valence-electron chi connectivity index (χ2n) is 5.93. The van der Waals surface area contributed by atoms with Crippen LogP contribution >= 0.6 is 0 Å². The van der Waals surface area contributed by atoms with Crippen molar-refractivity contribution >= 4 is 16.7 Å². The number of aryl methyl sites for hydroxylation is 1. The second kappa shape index (κ2) is 8.32. The van der Waals surface area contributed by atoms with Gasteiger partial charge < -0.3 is 5.32 Å². The molecule has 0 heterocycles. The topological polar surface area (TPSA) is 46.2 Å². The Morgan fingerprint density at radius 1 is 1.29 bits per heavy atom. The second-order valence-corrected chi connectivity index (χ2v) is 7.51. The summed E-state index contributed by atoms with van der Waals surface area (Å²) in [5, 5.41) is 3.07. The van der Waals surface area contributed by atoms with Crippen LogP contribution in [0.25, 0.3) is 0 Å². The summed E-state index contributed by atoms with van der Waals surface area (Å²) in [7, 11) is -0.967. The molecule has 1 N–H and O–H groups in total. The molecule has 0 aromatic heterocycles. The van der Waals surface area contributed by atoms with E-state index in [0.29, 0.717) is 24.0 Å². The number of amides is 1. The van der Waals surface area contributed by atoms with E-state index in [4.69, 9.17) is 0 Å². The lowest BCUT2D eigenvalue weighted by Crippen LogP contribution is -2.36. The zero-order chi connectivity index (χ0) is 15.1. The van der Waals surface area contributed by atoms with Gasteiger partial charge in [0.1, 0.15) is 0 Å². The van der Waals surface area contributed by atoms with Crippen LogP contribution in [-0.4, -0.2) is 21.9 Å². The van der Waals surface area contributed by atoms with Crippen molar-refractivity contribution in [3.05, 3.63) is 35.4 Å². The molecule has 1 fully saturated rings. The quantitative estimate of drug-likeness (QED) is 0.878. The Hall–Kier alpha value is -1.16. The van der Waals surface area contributed by atoms with Crippen LogP contribution in [0.15, 0.2) is 24.3 Å². The highest BCUT2D eigenvalue weighted by molar-refractivity contribution is 7.84. The number of hydrogen-bond acceptors (Lipinski definition) is 2. The number of hydrogen-bond donors (Lipinski definition) is 1. The maximum atomic E-state index is 12.1. The van der Waals surface area contributed by atoms with E-state index < -0.39 is 10.8 Å². The minimum absolute atomic E-state index is 0.0551. The zero-order valence-electron chi connectivity index (χ0n) is 12.8. The average molecular weight is 307 g/mol. The van der Waals surface area contributed by atoms with Gasteiger partial charge in [-0.25, -0.2) is 0 Å². The van der Waals surface area contributed by atoms with E-state index >= 15 is 0 Å². The molecule has 2 rings (SSSR count). The van der Waals surface area contributed by atoms with Crippen molar-refractivity contribution in [2.75, 3.05) is 5.75 Å². The van der Waals surface area contributed by atoms with Gasteiger partial charge in [-0.3, -0.25) is 9.00 Å². The molecule has 1 saturated carbocycles. The molecule has 21 heavy (non-hydrogen) atoms. The summed E-state index contributed by atoms with van der Waals surface area (Å²) < 4.78 is 12.1. The summed E-state index contributed by atoms with van der Waals surface area (Å²) in [6.45, 7) is 2.03. The molecule has 116 valence electrons. The van der Waals surface area contributed by atoms with Crippen LogP contribution in [0.1, 0.15) is 49.7 Å². The molecule has 3 nitrogen and oxygen atoms in total. The van der Waals surface area contributed by atoms with Gasteiger partial charge in [-0.2, -0.15) is 0 Å². The fourth-order valence-electron chi connectivity index (χ4n) is 2.81. The predicted molar refractivity (Wildman–Crippen MR) is 87.5 cm³/mol. The Balaban J connectivity index is 1.69. The molecule has 1 aromatic carbocycles. The lowest BCUT2D eigenvalue weighted by Gasteiger charge is -2.22. The Morgan fingerprint density at radius 3 is 2.76 bits per heavy atom. The number of benzene rings is 1. The first-order valence-corrected chi connectivity index (χ1v) is 9.32. The van der Waals surface area contributed by atoms with Gasteiger partial charge in [-0.05, 0) is 25.3 Å². The molecule has 0 radical (unpaired) electrons. The summed E-state index contributed by atoms with van der Waals surface area (Å²) in [6, 6.07) is 8.41. The molecule has 1 amide bonds. The van der Waals surface area contributed by atoms with Crippen molar-refractivity contribution in [1.82, 2.24) is 5.32 Å². The Kier molecular flexibility index (Phi) is 6.43. The van der Waals surface area contributed by atoms with Crippen LogP contribution < -0.4 is 5.32 Å². The standard InChI is InChI=1S/C17H25NO2S/c1-14-6-5-7-15(12-14)13-21(20)11-10-17(19)18-16-8-3-2-4-9-16/h5-7,12,16H,2-4,8-11,13H2,1H3,(H,18,19)/t21-/m1/s1. The van der Waals surface area contributed by atoms with Crippen LogP contribution in [-0.2, 0) is 21.3 Å². The average Bonchev–Trinajstić information content (AvgIpc) is 2.46. The molecule has 0 aliphatic heterocycles. The third-order valence-electron chi connectivity index (χ3n) is 3.94.